The Morgan fingerprint density at radius 2 is 2.08 bits per heavy atom. The molecule has 0 atom stereocenters. The Bertz CT molecular complexity index is 144. The molecule has 0 aliphatic carbocycles. The number of carbonyl (C=O) groups is 1. The maximum absolute atomic E-state index is 11.5. The summed E-state index contributed by atoms with van der Waals surface area (Å²) in [5.41, 5.74) is 0. The molecular formula is C7H11F3NO. The summed E-state index contributed by atoms with van der Waals surface area (Å²) in [7, 11) is 0. The number of nitrogens with one attached hydrogen (secondary N) is 1. The van der Waals surface area contributed by atoms with E-state index < -0.39 is 12.1 Å². The van der Waals surface area contributed by atoms with E-state index in [-0.39, 0.29) is 0 Å². The smallest absolute Gasteiger partial charge is 0.343 e. The monoisotopic (exact) mass is 182 g/mol. The van der Waals surface area contributed by atoms with Gasteiger partial charge >= 0.3 is 12.1 Å². The average molecular weight is 182 g/mol. The first-order valence-corrected chi connectivity index (χ1v) is 3.68. The summed E-state index contributed by atoms with van der Waals surface area (Å²) in [6.45, 7) is 3.05. The first-order chi connectivity index (χ1) is 5.48. The standard InChI is InChI=1S/C7H11F3NO/c1-2-3-4-5-11-6(12)7(8,9)10/h5H,2-4H2,1H3,(H,11,12). The molecule has 0 bridgehead atoms. The van der Waals surface area contributed by atoms with Gasteiger partial charge in [0.05, 0.1) is 0 Å². The van der Waals surface area contributed by atoms with Crippen molar-refractivity contribution >= 4 is 5.91 Å². The summed E-state index contributed by atoms with van der Waals surface area (Å²) >= 11 is 0. The summed E-state index contributed by atoms with van der Waals surface area (Å²) < 4.78 is 34.6. The number of hydrogen-bond acceptors (Lipinski definition) is 1. The van der Waals surface area contributed by atoms with Crippen LogP contribution in [0.2, 0.25) is 0 Å². The molecule has 0 saturated heterocycles. The quantitative estimate of drug-likeness (QED) is 0.662. The van der Waals surface area contributed by atoms with Crippen molar-refractivity contribution in [3.05, 3.63) is 6.54 Å². The third-order valence-corrected chi connectivity index (χ3v) is 1.19. The van der Waals surface area contributed by atoms with Crippen LogP contribution in [0.4, 0.5) is 13.2 Å². The van der Waals surface area contributed by atoms with Crippen molar-refractivity contribution in [1.29, 1.82) is 0 Å². The largest absolute Gasteiger partial charge is 0.471 e. The fourth-order valence-corrected chi connectivity index (χ4v) is 0.553. The molecule has 0 aromatic heterocycles. The van der Waals surface area contributed by atoms with E-state index in [2.05, 4.69) is 0 Å². The van der Waals surface area contributed by atoms with Gasteiger partial charge in [0.1, 0.15) is 0 Å². The molecule has 0 fully saturated rings. The van der Waals surface area contributed by atoms with E-state index in [0.29, 0.717) is 6.42 Å². The Balaban J connectivity index is 3.45. The number of hydrogen-bond donors (Lipinski definition) is 1. The van der Waals surface area contributed by atoms with E-state index in [1.54, 1.807) is 5.32 Å². The molecule has 0 heterocycles. The van der Waals surface area contributed by atoms with Crippen LogP contribution in [-0.2, 0) is 4.79 Å². The van der Waals surface area contributed by atoms with E-state index in [1.165, 1.54) is 0 Å². The first kappa shape index (κ1) is 11.3. The molecule has 2 nitrogen and oxygen atoms in total. The topological polar surface area (TPSA) is 29.1 Å². The van der Waals surface area contributed by atoms with Gasteiger partial charge in [0, 0.05) is 6.54 Å². The maximum atomic E-state index is 11.5. The third kappa shape index (κ3) is 4.98. The molecule has 1 radical (unpaired) electrons. The molecule has 0 rings (SSSR count). The summed E-state index contributed by atoms with van der Waals surface area (Å²) in [5.74, 6) is -1.90. The zero-order valence-corrected chi connectivity index (χ0v) is 6.74. The first-order valence-electron chi connectivity index (χ1n) is 3.68. The van der Waals surface area contributed by atoms with E-state index in [0.717, 1.165) is 19.4 Å². The number of halogens is 3. The lowest BCUT2D eigenvalue weighted by Crippen LogP contribution is -2.35. The molecule has 0 saturated carbocycles. The van der Waals surface area contributed by atoms with Gasteiger partial charge in [-0.1, -0.05) is 19.8 Å². The van der Waals surface area contributed by atoms with Gasteiger partial charge < -0.3 is 5.32 Å². The van der Waals surface area contributed by atoms with E-state index in [1.807, 2.05) is 6.92 Å². The van der Waals surface area contributed by atoms with Crippen molar-refractivity contribution in [1.82, 2.24) is 5.32 Å². The van der Waals surface area contributed by atoms with Crippen LogP contribution in [0.1, 0.15) is 26.2 Å². The molecule has 12 heavy (non-hydrogen) atoms. The Kier molecular flexibility index (Phi) is 4.70. The van der Waals surface area contributed by atoms with Crippen molar-refractivity contribution < 1.29 is 18.0 Å². The summed E-state index contributed by atoms with van der Waals surface area (Å²) in [4.78, 5) is 10.2. The van der Waals surface area contributed by atoms with E-state index >= 15 is 0 Å². The van der Waals surface area contributed by atoms with Crippen molar-refractivity contribution in [2.75, 3.05) is 0 Å². The second kappa shape index (κ2) is 5.00. The minimum absolute atomic E-state index is 0.471. The Hall–Kier alpha value is -0.740. The molecule has 1 amide bonds. The number of rotatable bonds is 4. The van der Waals surface area contributed by atoms with Crippen LogP contribution in [0.5, 0.6) is 0 Å². The van der Waals surface area contributed by atoms with Crippen molar-refractivity contribution in [2.24, 2.45) is 0 Å². The highest BCUT2D eigenvalue weighted by Gasteiger charge is 2.38. The normalized spacial score (nSPS) is 11.3. The molecule has 71 valence electrons. The van der Waals surface area contributed by atoms with Gasteiger partial charge in [0.15, 0.2) is 0 Å². The lowest BCUT2D eigenvalue weighted by Gasteiger charge is -2.06. The second-order valence-corrected chi connectivity index (χ2v) is 2.32. The van der Waals surface area contributed by atoms with Crippen LogP contribution in [0.25, 0.3) is 0 Å². The number of carbonyl (C=O) groups excluding carboxylic acids is 1. The fraction of sp³-hybridized carbons (Fsp3) is 0.714. The van der Waals surface area contributed by atoms with Crippen molar-refractivity contribution in [3.63, 3.8) is 0 Å². The SMILES string of the molecule is CCCC[CH]NC(=O)C(F)(F)F. The second-order valence-electron chi connectivity index (χ2n) is 2.32. The van der Waals surface area contributed by atoms with Crippen LogP contribution in [0.15, 0.2) is 0 Å². The predicted octanol–water partition coefficient (Wildman–Crippen LogP) is 2.02. The molecular weight excluding hydrogens is 171 g/mol. The summed E-state index contributed by atoms with van der Waals surface area (Å²) in [5, 5.41) is 1.67. The zero-order chi connectivity index (χ0) is 9.61. The molecule has 5 heteroatoms. The Labute approximate surface area is 69.1 Å². The average Bonchev–Trinajstić information content (AvgIpc) is 1.96. The van der Waals surface area contributed by atoms with Crippen LogP contribution in [-0.4, -0.2) is 12.1 Å². The zero-order valence-electron chi connectivity index (χ0n) is 6.74. The van der Waals surface area contributed by atoms with E-state index in [9.17, 15) is 18.0 Å². The highest BCUT2D eigenvalue weighted by molar-refractivity contribution is 5.82. The highest BCUT2D eigenvalue weighted by Crippen LogP contribution is 2.14. The van der Waals surface area contributed by atoms with Crippen molar-refractivity contribution in [3.8, 4) is 0 Å². The molecule has 0 aliphatic rings. The van der Waals surface area contributed by atoms with Crippen LogP contribution >= 0.6 is 0 Å². The Morgan fingerprint density at radius 3 is 2.50 bits per heavy atom. The minimum atomic E-state index is -4.78. The van der Waals surface area contributed by atoms with Gasteiger partial charge in [-0.25, -0.2) is 0 Å². The lowest BCUT2D eigenvalue weighted by atomic mass is 10.2. The van der Waals surface area contributed by atoms with Gasteiger partial charge in [-0.2, -0.15) is 13.2 Å². The maximum Gasteiger partial charge on any atom is 0.471 e. The van der Waals surface area contributed by atoms with Gasteiger partial charge in [-0.3, -0.25) is 4.79 Å². The van der Waals surface area contributed by atoms with Gasteiger partial charge in [-0.05, 0) is 6.42 Å². The summed E-state index contributed by atoms with van der Waals surface area (Å²) in [6.07, 6.45) is -2.64. The van der Waals surface area contributed by atoms with Crippen LogP contribution < -0.4 is 5.32 Å². The lowest BCUT2D eigenvalue weighted by molar-refractivity contribution is -0.172. The third-order valence-electron chi connectivity index (χ3n) is 1.19. The minimum Gasteiger partial charge on any atom is -0.343 e. The molecule has 0 aliphatic heterocycles. The highest BCUT2D eigenvalue weighted by atomic mass is 19.4. The van der Waals surface area contributed by atoms with Gasteiger partial charge in [0.2, 0.25) is 0 Å². The molecule has 0 aromatic rings. The van der Waals surface area contributed by atoms with Crippen LogP contribution in [0.3, 0.4) is 0 Å². The molecule has 0 spiro atoms. The van der Waals surface area contributed by atoms with Crippen LogP contribution in [0, 0.1) is 6.54 Å². The molecule has 0 aromatic carbocycles. The molecule has 1 N–H and O–H groups in total. The fourth-order valence-electron chi connectivity index (χ4n) is 0.553. The predicted molar refractivity (Wildman–Crippen MR) is 38.0 cm³/mol. The number of amides is 1. The molecule has 0 unspecified atom stereocenters. The Morgan fingerprint density at radius 1 is 1.50 bits per heavy atom. The summed E-state index contributed by atoms with van der Waals surface area (Å²) in [6, 6.07) is 0. The van der Waals surface area contributed by atoms with Gasteiger partial charge in [0.25, 0.3) is 0 Å². The van der Waals surface area contributed by atoms with Gasteiger partial charge in [-0.15, -0.1) is 0 Å². The van der Waals surface area contributed by atoms with Crippen molar-refractivity contribution in [2.45, 2.75) is 32.4 Å². The number of unbranched alkanes of at least 4 members (excludes halogenated alkanes) is 2. The number of alkyl halides is 3. The van der Waals surface area contributed by atoms with E-state index in [4.69, 9.17) is 0 Å².